The first-order valence-electron chi connectivity index (χ1n) is 4.98. The lowest BCUT2D eigenvalue weighted by molar-refractivity contribution is 0.586. The van der Waals surface area contributed by atoms with Crippen LogP contribution in [0.15, 0.2) is 11.2 Å². The van der Waals surface area contributed by atoms with Gasteiger partial charge < -0.3 is 0 Å². The zero-order chi connectivity index (χ0) is 10.8. The van der Waals surface area contributed by atoms with Gasteiger partial charge in [-0.25, -0.2) is 0 Å². The summed E-state index contributed by atoms with van der Waals surface area (Å²) in [5, 5.41) is 1.25. The lowest BCUT2D eigenvalue weighted by atomic mass is 9.98. The molecule has 0 radical (unpaired) electrons. The van der Waals surface area contributed by atoms with Gasteiger partial charge in [-0.15, -0.1) is 8.19 Å². The maximum atomic E-state index is 4.44. The van der Waals surface area contributed by atoms with Crippen molar-refractivity contribution in [1.29, 1.82) is 0 Å². The van der Waals surface area contributed by atoms with Crippen LogP contribution in [0.3, 0.4) is 0 Å². The van der Waals surface area contributed by atoms with Crippen LogP contribution >= 0.6 is 8.19 Å². The van der Waals surface area contributed by atoms with Crippen LogP contribution in [0.2, 0.25) is 0 Å². The van der Waals surface area contributed by atoms with Crippen molar-refractivity contribution in [1.82, 2.24) is 4.98 Å². The predicted octanol–water partition coefficient (Wildman–Crippen LogP) is 3.24. The van der Waals surface area contributed by atoms with Gasteiger partial charge in [0.15, 0.2) is 0 Å². The van der Waals surface area contributed by atoms with Gasteiger partial charge in [0.25, 0.3) is 0 Å². The first-order valence-corrected chi connectivity index (χ1v) is 5.98. The third kappa shape index (κ3) is 3.26. The molecule has 0 aromatic carbocycles. The van der Waals surface area contributed by atoms with Gasteiger partial charge >= 0.3 is 0 Å². The molecular formula is C11H19N2P. The Labute approximate surface area is 88.0 Å². The minimum atomic E-state index is 0.197. The van der Waals surface area contributed by atoms with Crippen LogP contribution in [-0.2, 0) is 5.41 Å². The molecule has 0 amide bonds. The molecule has 78 valence electrons. The fourth-order valence-corrected chi connectivity index (χ4v) is 2.06. The molecule has 14 heavy (non-hydrogen) atoms. The first kappa shape index (κ1) is 11.5. The maximum absolute atomic E-state index is 4.44. The normalized spacial score (nSPS) is 13.6. The predicted molar refractivity (Wildman–Crippen MR) is 65.2 cm³/mol. The van der Waals surface area contributed by atoms with Crippen LogP contribution < -0.4 is 0 Å². The van der Waals surface area contributed by atoms with Gasteiger partial charge in [0, 0.05) is 29.2 Å². The van der Waals surface area contributed by atoms with Crippen LogP contribution in [-0.4, -0.2) is 17.2 Å². The molecular weight excluding hydrogens is 191 g/mol. The lowest BCUT2D eigenvalue weighted by Gasteiger charge is -2.14. The third-order valence-electron chi connectivity index (χ3n) is 1.82. The molecule has 1 heterocycles. The van der Waals surface area contributed by atoms with Gasteiger partial charge in [-0.1, -0.05) is 20.8 Å². The van der Waals surface area contributed by atoms with Crippen molar-refractivity contribution in [3.63, 3.8) is 0 Å². The summed E-state index contributed by atoms with van der Waals surface area (Å²) >= 11 is 0. The Morgan fingerprint density at radius 1 is 1.43 bits per heavy atom. The summed E-state index contributed by atoms with van der Waals surface area (Å²) in [7, 11) is 0.704. The van der Waals surface area contributed by atoms with E-state index in [-0.39, 0.29) is 5.41 Å². The highest BCUT2D eigenvalue weighted by Gasteiger charge is 2.16. The zero-order valence-corrected chi connectivity index (χ0v) is 10.6. The standard InChI is InChI=1S/C11H19N2P/c1-8(2)12-6-9-7-13-10(14-9)11(3,4)5/h6-8,14H,1-5H3. The van der Waals surface area contributed by atoms with Crippen LogP contribution in [0, 0.1) is 0 Å². The van der Waals surface area contributed by atoms with E-state index in [9.17, 15) is 0 Å². The van der Waals surface area contributed by atoms with Gasteiger partial charge in [-0.3, -0.25) is 9.98 Å². The van der Waals surface area contributed by atoms with Crippen LogP contribution in [0.4, 0.5) is 0 Å². The number of aliphatic imine (C=N–C) groups is 1. The summed E-state index contributed by atoms with van der Waals surface area (Å²) in [6.45, 7) is 10.8. The second-order valence-electron chi connectivity index (χ2n) is 4.81. The molecule has 1 aromatic heterocycles. The molecule has 0 saturated heterocycles. The lowest BCUT2D eigenvalue weighted by Crippen LogP contribution is -2.09. The van der Waals surface area contributed by atoms with E-state index < -0.39 is 0 Å². The largest absolute Gasteiger partial charge is 0.289 e. The third-order valence-corrected chi connectivity index (χ3v) is 3.48. The molecule has 1 unspecified atom stereocenters. The smallest absolute Gasteiger partial charge is 0.0621 e. The number of nitrogens with zero attached hydrogens (tertiary/aromatic N) is 2. The second-order valence-corrected chi connectivity index (χ2v) is 6.11. The Hall–Kier alpha value is -0.620. The molecule has 2 nitrogen and oxygen atoms in total. The van der Waals surface area contributed by atoms with Crippen molar-refractivity contribution in [2.45, 2.75) is 46.1 Å². The number of hydrogen-bond donors (Lipinski definition) is 0. The van der Waals surface area contributed by atoms with E-state index in [1.807, 2.05) is 12.4 Å². The number of rotatable bonds is 2. The average Bonchev–Trinajstić information content (AvgIpc) is 2.47. The average molecular weight is 210 g/mol. The Kier molecular flexibility index (Phi) is 3.49. The van der Waals surface area contributed by atoms with Crippen molar-refractivity contribution >= 4 is 14.4 Å². The number of hydrogen-bond acceptors (Lipinski definition) is 2. The minimum Gasteiger partial charge on any atom is -0.289 e. The van der Waals surface area contributed by atoms with Crippen LogP contribution in [0.5, 0.6) is 0 Å². The van der Waals surface area contributed by atoms with Crippen molar-refractivity contribution in [3.05, 3.63) is 16.9 Å². The fourth-order valence-electron chi connectivity index (χ4n) is 1.01. The zero-order valence-electron chi connectivity index (χ0n) is 9.63. The summed E-state index contributed by atoms with van der Waals surface area (Å²) in [5.74, 6) is 0. The molecule has 0 aliphatic heterocycles. The maximum Gasteiger partial charge on any atom is 0.0621 e. The topological polar surface area (TPSA) is 25.2 Å². The first-order chi connectivity index (χ1) is 6.39. The van der Waals surface area contributed by atoms with E-state index >= 15 is 0 Å². The van der Waals surface area contributed by atoms with Crippen molar-refractivity contribution in [2.75, 3.05) is 0 Å². The Morgan fingerprint density at radius 2 is 2.07 bits per heavy atom. The van der Waals surface area contributed by atoms with E-state index in [0.29, 0.717) is 14.2 Å². The molecule has 0 aliphatic rings. The van der Waals surface area contributed by atoms with E-state index in [4.69, 9.17) is 0 Å². The summed E-state index contributed by atoms with van der Waals surface area (Å²) in [6.07, 6.45) is 3.91. The van der Waals surface area contributed by atoms with Crippen molar-refractivity contribution in [3.8, 4) is 0 Å². The SMILES string of the molecule is CC(C)N=Cc1cnc(C(C)(C)C)[pH]1. The minimum absolute atomic E-state index is 0.197. The summed E-state index contributed by atoms with van der Waals surface area (Å²) < 4.78 is 0. The molecule has 1 aromatic rings. The van der Waals surface area contributed by atoms with Gasteiger partial charge in [-0.2, -0.15) is 0 Å². The highest BCUT2D eigenvalue weighted by Crippen LogP contribution is 2.29. The molecule has 0 bridgehead atoms. The van der Waals surface area contributed by atoms with Gasteiger partial charge in [0.05, 0.1) is 5.43 Å². The highest BCUT2D eigenvalue weighted by molar-refractivity contribution is 7.33. The quantitative estimate of drug-likeness (QED) is 0.688. The summed E-state index contributed by atoms with van der Waals surface area (Å²) in [6, 6.07) is 0.374. The van der Waals surface area contributed by atoms with Gasteiger partial charge in [-0.05, 0) is 13.8 Å². The van der Waals surface area contributed by atoms with Crippen molar-refractivity contribution in [2.24, 2.45) is 4.99 Å². The van der Waals surface area contributed by atoms with E-state index in [1.165, 1.54) is 10.7 Å². The van der Waals surface area contributed by atoms with E-state index in [2.05, 4.69) is 44.6 Å². The summed E-state index contributed by atoms with van der Waals surface area (Å²) in [4.78, 5) is 8.81. The Morgan fingerprint density at radius 3 is 2.50 bits per heavy atom. The Bertz CT molecular complexity index is 318. The molecule has 0 aliphatic carbocycles. The molecule has 0 fully saturated rings. The molecule has 1 atom stereocenters. The molecule has 1 rings (SSSR count). The molecule has 0 spiro atoms. The Balaban J connectivity index is 2.79. The highest BCUT2D eigenvalue weighted by atomic mass is 31.0. The van der Waals surface area contributed by atoms with Gasteiger partial charge in [0.2, 0.25) is 0 Å². The van der Waals surface area contributed by atoms with E-state index in [1.54, 1.807) is 0 Å². The second kappa shape index (κ2) is 4.27. The van der Waals surface area contributed by atoms with Crippen LogP contribution in [0.1, 0.15) is 45.3 Å². The van der Waals surface area contributed by atoms with Crippen molar-refractivity contribution < 1.29 is 0 Å². The monoisotopic (exact) mass is 210 g/mol. The molecule has 0 saturated carbocycles. The van der Waals surface area contributed by atoms with Crippen LogP contribution in [0.25, 0.3) is 0 Å². The fraction of sp³-hybridized carbons (Fsp3) is 0.636. The van der Waals surface area contributed by atoms with Gasteiger partial charge in [0.1, 0.15) is 0 Å². The van der Waals surface area contributed by atoms with E-state index in [0.717, 1.165) is 0 Å². The molecule has 3 heteroatoms. The molecule has 0 N–H and O–H groups in total. The number of aromatic nitrogens is 1. The summed E-state index contributed by atoms with van der Waals surface area (Å²) in [5.41, 5.74) is 1.48.